The number of aliphatic hydroxyl groups excluding tert-OH is 1. The summed E-state index contributed by atoms with van der Waals surface area (Å²) in [7, 11) is -3.29. The molecule has 1 aromatic rings. The Morgan fingerprint density at radius 3 is 2.00 bits per heavy atom. The van der Waals surface area contributed by atoms with E-state index in [1.807, 2.05) is 26.0 Å². The van der Waals surface area contributed by atoms with Gasteiger partial charge in [0.1, 0.15) is 0 Å². The van der Waals surface area contributed by atoms with Gasteiger partial charge in [-0.3, -0.25) is 0 Å². The Balaban J connectivity index is 2.98. The first-order valence-electron chi connectivity index (χ1n) is 5.99. The molecule has 0 aromatic heterocycles. The number of aryl methyl sites for hydroxylation is 2. The maximum absolute atomic E-state index is 11.7. The Labute approximate surface area is 110 Å². The normalized spacial score (nSPS) is 14.6. The number of sulfone groups is 1. The fourth-order valence-corrected chi connectivity index (χ4v) is 2.48. The molecule has 0 fully saturated rings. The Morgan fingerprint density at radius 1 is 1.17 bits per heavy atom. The van der Waals surface area contributed by atoms with Crippen LogP contribution in [-0.4, -0.2) is 30.6 Å². The minimum Gasteiger partial charge on any atom is -0.391 e. The summed E-state index contributed by atoms with van der Waals surface area (Å²) in [4.78, 5) is 0. The van der Waals surface area contributed by atoms with E-state index in [0.717, 1.165) is 22.9 Å². The van der Waals surface area contributed by atoms with Crippen molar-refractivity contribution in [3.8, 4) is 0 Å². The van der Waals surface area contributed by atoms with E-state index in [2.05, 4.69) is 6.07 Å². The average molecular weight is 270 g/mol. The van der Waals surface area contributed by atoms with E-state index in [1.54, 1.807) is 13.8 Å². The number of rotatable bonds is 4. The SMILES string of the molecule is Cc1cc(C)cc(CC(O)C(C)(C)S(C)(=O)=O)c1. The summed E-state index contributed by atoms with van der Waals surface area (Å²) in [6.07, 6.45) is 0.606. The van der Waals surface area contributed by atoms with Crippen molar-refractivity contribution in [1.29, 1.82) is 0 Å². The first kappa shape index (κ1) is 15.2. The van der Waals surface area contributed by atoms with Gasteiger partial charge in [-0.15, -0.1) is 0 Å². The minimum atomic E-state index is -3.29. The van der Waals surface area contributed by atoms with E-state index in [1.165, 1.54) is 0 Å². The van der Waals surface area contributed by atoms with Gasteiger partial charge in [-0.1, -0.05) is 29.3 Å². The molecule has 0 spiro atoms. The van der Waals surface area contributed by atoms with Crippen molar-refractivity contribution in [2.75, 3.05) is 6.26 Å². The Bertz CT molecular complexity index is 510. The average Bonchev–Trinajstić information content (AvgIpc) is 2.13. The quantitative estimate of drug-likeness (QED) is 0.911. The molecule has 0 amide bonds. The van der Waals surface area contributed by atoms with Crippen LogP contribution in [0, 0.1) is 13.8 Å². The van der Waals surface area contributed by atoms with Crippen LogP contribution >= 0.6 is 0 Å². The first-order valence-corrected chi connectivity index (χ1v) is 7.88. The summed E-state index contributed by atoms with van der Waals surface area (Å²) in [5, 5.41) is 10.2. The van der Waals surface area contributed by atoms with Gasteiger partial charge in [-0.25, -0.2) is 8.42 Å². The van der Waals surface area contributed by atoms with E-state index >= 15 is 0 Å². The molecule has 1 unspecified atom stereocenters. The Hall–Kier alpha value is -0.870. The molecule has 0 bridgehead atoms. The van der Waals surface area contributed by atoms with E-state index in [0.29, 0.717) is 6.42 Å². The molecule has 0 saturated heterocycles. The highest BCUT2D eigenvalue weighted by atomic mass is 32.2. The second kappa shape index (κ2) is 5.02. The standard InChI is InChI=1S/C14H22O3S/c1-10-6-11(2)8-12(7-10)9-13(15)14(3,4)18(5,16)17/h6-8,13,15H,9H2,1-5H3. The van der Waals surface area contributed by atoms with Gasteiger partial charge >= 0.3 is 0 Å². The Morgan fingerprint density at radius 2 is 1.61 bits per heavy atom. The zero-order chi connectivity index (χ0) is 14.1. The highest BCUT2D eigenvalue weighted by Crippen LogP contribution is 2.23. The van der Waals surface area contributed by atoms with Crippen LogP contribution < -0.4 is 0 Å². The third kappa shape index (κ3) is 3.33. The molecule has 18 heavy (non-hydrogen) atoms. The molecule has 0 aliphatic rings. The van der Waals surface area contributed by atoms with Crippen LogP contribution in [0.25, 0.3) is 0 Å². The highest BCUT2D eigenvalue weighted by molar-refractivity contribution is 7.92. The van der Waals surface area contributed by atoms with Gasteiger partial charge in [0, 0.05) is 6.26 Å². The lowest BCUT2D eigenvalue weighted by Gasteiger charge is -2.28. The molecule has 3 nitrogen and oxygen atoms in total. The molecular formula is C14H22O3S. The third-order valence-electron chi connectivity index (χ3n) is 3.47. The molecule has 1 aromatic carbocycles. The summed E-state index contributed by atoms with van der Waals surface area (Å²) in [6.45, 7) is 7.11. The maximum Gasteiger partial charge on any atom is 0.155 e. The van der Waals surface area contributed by atoms with Gasteiger partial charge in [0.05, 0.1) is 10.9 Å². The smallest absolute Gasteiger partial charge is 0.155 e. The second-order valence-corrected chi connectivity index (χ2v) is 8.19. The summed E-state index contributed by atoms with van der Waals surface area (Å²) < 4.78 is 22.2. The topological polar surface area (TPSA) is 54.4 Å². The zero-order valence-electron chi connectivity index (χ0n) is 11.7. The van der Waals surface area contributed by atoms with Gasteiger partial charge in [-0.2, -0.15) is 0 Å². The van der Waals surface area contributed by atoms with Gasteiger partial charge in [0.2, 0.25) is 0 Å². The number of hydrogen-bond donors (Lipinski definition) is 1. The zero-order valence-corrected chi connectivity index (χ0v) is 12.5. The van der Waals surface area contributed by atoms with Crippen LogP contribution in [0.4, 0.5) is 0 Å². The summed E-state index contributed by atoms with van der Waals surface area (Å²) >= 11 is 0. The molecule has 102 valence electrons. The Kier molecular flexibility index (Phi) is 4.23. The van der Waals surface area contributed by atoms with Crippen molar-refractivity contribution in [3.05, 3.63) is 34.9 Å². The van der Waals surface area contributed by atoms with Crippen LogP contribution in [0.5, 0.6) is 0 Å². The number of aliphatic hydroxyl groups is 1. The fourth-order valence-electron chi connectivity index (χ4n) is 1.90. The molecule has 1 rings (SSSR count). The van der Waals surface area contributed by atoms with Crippen LogP contribution in [0.2, 0.25) is 0 Å². The monoisotopic (exact) mass is 270 g/mol. The molecule has 4 heteroatoms. The molecule has 0 aliphatic carbocycles. The molecular weight excluding hydrogens is 248 g/mol. The van der Waals surface area contributed by atoms with Crippen molar-refractivity contribution in [2.45, 2.75) is 45.0 Å². The van der Waals surface area contributed by atoms with Crippen LogP contribution in [0.3, 0.4) is 0 Å². The van der Waals surface area contributed by atoms with Gasteiger partial charge in [-0.05, 0) is 39.7 Å². The van der Waals surface area contributed by atoms with Gasteiger partial charge in [0.25, 0.3) is 0 Å². The lowest BCUT2D eigenvalue weighted by Crippen LogP contribution is -2.44. The maximum atomic E-state index is 11.7. The first-order chi connectivity index (χ1) is 8.04. The number of hydrogen-bond acceptors (Lipinski definition) is 3. The van der Waals surface area contributed by atoms with Gasteiger partial charge in [0.15, 0.2) is 9.84 Å². The predicted molar refractivity (Wildman–Crippen MR) is 74.5 cm³/mol. The van der Waals surface area contributed by atoms with Crippen molar-refractivity contribution >= 4 is 9.84 Å². The summed E-state index contributed by atoms with van der Waals surface area (Å²) in [5.74, 6) is 0. The number of benzene rings is 1. The van der Waals surface area contributed by atoms with Crippen molar-refractivity contribution in [3.63, 3.8) is 0 Å². The van der Waals surface area contributed by atoms with E-state index in [9.17, 15) is 13.5 Å². The molecule has 0 saturated carbocycles. The van der Waals surface area contributed by atoms with Crippen LogP contribution in [0.15, 0.2) is 18.2 Å². The van der Waals surface area contributed by atoms with E-state index < -0.39 is 20.7 Å². The van der Waals surface area contributed by atoms with Crippen molar-refractivity contribution in [1.82, 2.24) is 0 Å². The molecule has 1 atom stereocenters. The molecule has 0 heterocycles. The van der Waals surface area contributed by atoms with Crippen molar-refractivity contribution < 1.29 is 13.5 Å². The fraction of sp³-hybridized carbons (Fsp3) is 0.571. The van der Waals surface area contributed by atoms with E-state index in [-0.39, 0.29) is 0 Å². The molecule has 0 radical (unpaired) electrons. The van der Waals surface area contributed by atoms with Crippen molar-refractivity contribution in [2.24, 2.45) is 0 Å². The lowest BCUT2D eigenvalue weighted by molar-refractivity contribution is 0.138. The van der Waals surface area contributed by atoms with Crippen LogP contribution in [-0.2, 0) is 16.3 Å². The largest absolute Gasteiger partial charge is 0.391 e. The third-order valence-corrected chi connectivity index (χ3v) is 5.65. The lowest BCUT2D eigenvalue weighted by atomic mass is 9.96. The predicted octanol–water partition coefficient (Wildman–Crippen LogP) is 2.03. The minimum absolute atomic E-state index is 0.350. The second-order valence-electron chi connectivity index (χ2n) is 5.59. The molecule has 0 aliphatic heterocycles. The highest BCUT2D eigenvalue weighted by Gasteiger charge is 2.37. The van der Waals surface area contributed by atoms with Gasteiger partial charge < -0.3 is 5.11 Å². The van der Waals surface area contributed by atoms with Crippen LogP contribution in [0.1, 0.15) is 30.5 Å². The summed E-state index contributed by atoms with van der Waals surface area (Å²) in [5.41, 5.74) is 3.21. The van der Waals surface area contributed by atoms with E-state index in [4.69, 9.17) is 0 Å². The molecule has 1 N–H and O–H groups in total. The summed E-state index contributed by atoms with van der Waals surface area (Å²) in [6, 6.07) is 6.01.